The molecule has 0 aromatic carbocycles. The Labute approximate surface area is 314 Å². The zero-order chi connectivity index (χ0) is 35.6. The highest BCUT2D eigenvalue weighted by molar-refractivity contribution is 4.80. The standard InChI is InChI=1S/C49H100/c1-5-9-13-17-21-25-29-33-37-41-45-49(46-42-38-34-30-26-22-18-14-10-6-2,47-43-39-35-31-27-23-19-15-11-7-3)48-44-40-36-32-28-24-20-16-12-8-4/h5-48H2,1-4H3. The van der Waals surface area contributed by atoms with Crippen LogP contribution in [0, 0.1) is 5.41 Å². The Kier molecular flexibility index (Phi) is 42.4. The van der Waals surface area contributed by atoms with Crippen molar-refractivity contribution in [3.63, 3.8) is 0 Å². The van der Waals surface area contributed by atoms with Crippen LogP contribution in [0.3, 0.4) is 0 Å². The summed E-state index contributed by atoms with van der Waals surface area (Å²) in [5, 5.41) is 0. The molecular weight excluding hydrogens is 589 g/mol. The van der Waals surface area contributed by atoms with Gasteiger partial charge in [0.25, 0.3) is 0 Å². The molecule has 0 fully saturated rings. The molecule has 0 aliphatic heterocycles. The van der Waals surface area contributed by atoms with E-state index in [1.165, 1.54) is 257 Å². The van der Waals surface area contributed by atoms with E-state index in [1.54, 1.807) is 25.7 Å². The Hall–Kier alpha value is 0. The molecule has 0 bridgehead atoms. The first-order valence-corrected chi connectivity index (χ1v) is 24.2. The molecule has 0 unspecified atom stereocenters. The van der Waals surface area contributed by atoms with Gasteiger partial charge in [-0.15, -0.1) is 0 Å². The van der Waals surface area contributed by atoms with Crippen LogP contribution >= 0.6 is 0 Å². The zero-order valence-corrected chi connectivity index (χ0v) is 35.6. The fourth-order valence-corrected chi connectivity index (χ4v) is 8.70. The van der Waals surface area contributed by atoms with Gasteiger partial charge in [0.05, 0.1) is 0 Å². The van der Waals surface area contributed by atoms with Crippen molar-refractivity contribution in [1.29, 1.82) is 0 Å². The summed E-state index contributed by atoms with van der Waals surface area (Å²) in [6.07, 6.45) is 65.2. The van der Waals surface area contributed by atoms with Crippen molar-refractivity contribution in [2.24, 2.45) is 5.41 Å². The molecule has 0 heterocycles. The van der Waals surface area contributed by atoms with E-state index in [0.29, 0.717) is 5.41 Å². The summed E-state index contributed by atoms with van der Waals surface area (Å²) < 4.78 is 0. The summed E-state index contributed by atoms with van der Waals surface area (Å²) in [5.41, 5.74) is 0.667. The molecule has 0 aromatic heterocycles. The van der Waals surface area contributed by atoms with Crippen LogP contribution in [-0.4, -0.2) is 0 Å². The summed E-state index contributed by atoms with van der Waals surface area (Å²) in [7, 11) is 0. The average Bonchev–Trinajstić information content (AvgIpc) is 3.11. The van der Waals surface area contributed by atoms with Gasteiger partial charge in [0.15, 0.2) is 0 Å². The molecule has 0 spiro atoms. The average molecular weight is 689 g/mol. The Bertz CT molecular complexity index is 461. The summed E-state index contributed by atoms with van der Waals surface area (Å²) in [5.74, 6) is 0. The second kappa shape index (κ2) is 42.4. The van der Waals surface area contributed by atoms with Gasteiger partial charge in [-0.05, 0) is 31.1 Å². The largest absolute Gasteiger partial charge is 0.0654 e. The molecular formula is C49H100. The molecule has 0 atom stereocenters. The fourth-order valence-electron chi connectivity index (χ4n) is 8.70. The second-order valence-electron chi connectivity index (χ2n) is 17.2. The van der Waals surface area contributed by atoms with Crippen LogP contribution in [0.1, 0.15) is 310 Å². The Morgan fingerprint density at radius 3 is 0.429 bits per heavy atom. The minimum atomic E-state index is 0.667. The first-order valence-electron chi connectivity index (χ1n) is 24.2. The topological polar surface area (TPSA) is 0 Å². The number of hydrogen-bond donors (Lipinski definition) is 0. The molecule has 0 radical (unpaired) electrons. The molecule has 0 aliphatic carbocycles. The Morgan fingerprint density at radius 1 is 0.163 bits per heavy atom. The maximum Gasteiger partial charge on any atom is -0.0297 e. The van der Waals surface area contributed by atoms with Gasteiger partial charge in [-0.1, -0.05) is 285 Å². The lowest BCUT2D eigenvalue weighted by atomic mass is 9.70. The molecule has 0 rings (SSSR count). The van der Waals surface area contributed by atoms with Crippen LogP contribution in [0.2, 0.25) is 0 Å². The van der Waals surface area contributed by atoms with Gasteiger partial charge >= 0.3 is 0 Å². The minimum Gasteiger partial charge on any atom is -0.0654 e. The van der Waals surface area contributed by atoms with E-state index in [4.69, 9.17) is 0 Å². The fraction of sp³-hybridized carbons (Fsp3) is 1.00. The van der Waals surface area contributed by atoms with Crippen molar-refractivity contribution in [1.82, 2.24) is 0 Å². The van der Waals surface area contributed by atoms with Gasteiger partial charge in [-0.2, -0.15) is 0 Å². The van der Waals surface area contributed by atoms with Gasteiger partial charge in [0, 0.05) is 0 Å². The van der Waals surface area contributed by atoms with Gasteiger partial charge in [-0.25, -0.2) is 0 Å². The maximum atomic E-state index is 2.34. The number of hydrogen-bond acceptors (Lipinski definition) is 0. The van der Waals surface area contributed by atoms with E-state index < -0.39 is 0 Å². The maximum absolute atomic E-state index is 2.34. The third kappa shape index (κ3) is 37.6. The number of unbranched alkanes of at least 4 members (excludes halogenated alkanes) is 36. The molecule has 0 saturated carbocycles. The van der Waals surface area contributed by atoms with Gasteiger partial charge in [0.2, 0.25) is 0 Å². The predicted molar refractivity (Wildman–Crippen MR) is 228 cm³/mol. The van der Waals surface area contributed by atoms with Crippen LogP contribution in [0.4, 0.5) is 0 Å². The summed E-state index contributed by atoms with van der Waals surface area (Å²) in [6, 6.07) is 0. The molecule has 0 heteroatoms. The molecule has 0 N–H and O–H groups in total. The van der Waals surface area contributed by atoms with Gasteiger partial charge in [0.1, 0.15) is 0 Å². The summed E-state index contributed by atoms with van der Waals surface area (Å²) >= 11 is 0. The molecule has 0 aromatic rings. The lowest BCUT2D eigenvalue weighted by Gasteiger charge is -2.35. The quantitative estimate of drug-likeness (QED) is 0.0559. The van der Waals surface area contributed by atoms with Crippen LogP contribution in [0.15, 0.2) is 0 Å². The van der Waals surface area contributed by atoms with E-state index in [9.17, 15) is 0 Å². The van der Waals surface area contributed by atoms with Crippen molar-refractivity contribution >= 4 is 0 Å². The molecule has 296 valence electrons. The van der Waals surface area contributed by atoms with Crippen LogP contribution < -0.4 is 0 Å². The third-order valence-electron chi connectivity index (χ3n) is 12.2. The Balaban J connectivity index is 4.87. The van der Waals surface area contributed by atoms with Crippen LogP contribution in [-0.2, 0) is 0 Å². The van der Waals surface area contributed by atoms with Crippen molar-refractivity contribution in [3.05, 3.63) is 0 Å². The molecule has 0 saturated heterocycles. The number of rotatable bonds is 44. The summed E-state index contributed by atoms with van der Waals surface area (Å²) in [4.78, 5) is 0. The summed E-state index contributed by atoms with van der Waals surface area (Å²) in [6.45, 7) is 9.35. The monoisotopic (exact) mass is 689 g/mol. The van der Waals surface area contributed by atoms with Crippen molar-refractivity contribution in [2.75, 3.05) is 0 Å². The zero-order valence-electron chi connectivity index (χ0n) is 35.6. The van der Waals surface area contributed by atoms with Crippen molar-refractivity contribution < 1.29 is 0 Å². The van der Waals surface area contributed by atoms with E-state index in [1.807, 2.05) is 0 Å². The lowest BCUT2D eigenvalue weighted by Crippen LogP contribution is -2.21. The van der Waals surface area contributed by atoms with E-state index in [0.717, 1.165) is 0 Å². The van der Waals surface area contributed by atoms with Crippen molar-refractivity contribution in [2.45, 2.75) is 310 Å². The highest BCUT2D eigenvalue weighted by atomic mass is 14.3. The van der Waals surface area contributed by atoms with Crippen molar-refractivity contribution in [3.8, 4) is 0 Å². The SMILES string of the molecule is CCCCCCCCCCCCC(CCCCCCCCCCCC)(CCCCCCCCCCCC)CCCCCCCCCCCC. The van der Waals surface area contributed by atoms with E-state index in [2.05, 4.69) is 27.7 Å². The molecule has 0 amide bonds. The van der Waals surface area contributed by atoms with Gasteiger partial charge in [-0.3, -0.25) is 0 Å². The Morgan fingerprint density at radius 2 is 0.286 bits per heavy atom. The highest BCUT2D eigenvalue weighted by Gasteiger charge is 2.28. The molecule has 49 heavy (non-hydrogen) atoms. The van der Waals surface area contributed by atoms with Gasteiger partial charge < -0.3 is 0 Å². The van der Waals surface area contributed by atoms with E-state index in [-0.39, 0.29) is 0 Å². The van der Waals surface area contributed by atoms with Crippen LogP contribution in [0.25, 0.3) is 0 Å². The lowest BCUT2D eigenvalue weighted by molar-refractivity contribution is 0.171. The van der Waals surface area contributed by atoms with E-state index >= 15 is 0 Å². The predicted octanol–water partition coefficient (Wildman–Crippen LogP) is 19.2. The minimum absolute atomic E-state index is 0.667. The third-order valence-corrected chi connectivity index (χ3v) is 12.2. The molecule has 0 aliphatic rings. The highest BCUT2D eigenvalue weighted by Crippen LogP contribution is 2.42. The second-order valence-corrected chi connectivity index (χ2v) is 17.2. The smallest absolute Gasteiger partial charge is 0.0297 e. The first kappa shape index (κ1) is 49.0. The first-order chi connectivity index (χ1) is 24.2. The van der Waals surface area contributed by atoms with Crippen LogP contribution in [0.5, 0.6) is 0 Å². The molecule has 0 nitrogen and oxygen atoms in total. The normalized spacial score (nSPS) is 12.0.